The minimum atomic E-state index is -0.554. The summed E-state index contributed by atoms with van der Waals surface area (Å²) in [7, 11) is 0. The zero-order chi connectivity index (χ0) is 13.8. The highest BCUT2D eigenvalue weighted by Gasteiger charge is 2.24. The maximum absolute atomic E-state index is 10.8. The first-order valence-electron chi connectivity index (χ1n) is 6.23. The minimum Gasteiger partial charge on any atom is -0.394 e. The molecule has 1 saturated heterocycles. The van der Waals surface area contributed by atoms with Gasteiger partial charge in [0.1, 0.15) is 11.6 Å². The Morgan fingerprint density at radius 3 is 2.95 bits per heavy atom. The van der Waals surface area contributed by atoms with Gasteiger partial charge >= 0.3 is 0 Å². The average molecular weight is 261 g/mol. The molecule has 0 radical (unpaired) electrons. The molecule has 6 nitrogen and oxygen atoms in total. The van der Waals surface area contributed by atoms with E-state index < -0.39 is 4.92 Å². The van der Waals surface area contributed by atoms with Crippen LogP contribution in [-0.2, 0) is 0 Å². The van der Waals surface area contributed by atoms with Crippen molar-refractivity contribution in [3.63, 3.8) is 0 Å². The molecule has 1 aromatic rings. The van der Waals surface area contributed by atoms with Crippen molar-refractivity contribution in [1.82, 2.24) is 0 Å². The van der Waals surface area contributed by atoms with Crippen LogP contribution in [0.25, 0.3) is 0 Å². The third kappa shape index (κ3) is 2.66. The summed E-state index contributed by atoms with van der Waals surface area (Å²) in [6.07, 6.45) is 2.99. The predicted molar refractivity (Wildman–Crippen MR) is 69.9 cm³/mol. The molecule has 0 spiro atoms. The first-order valence-corrected chi connectivity index (χ1v) is 6.23. The number of nitro groups is 1. The summed E-state index contributed by atoms with van der Waals surface area (Å²) in [6, 6.07) is 6.43. The lowest BCUT2D eigenvalue weighted by Crippen LogP contribution is -2.41. The van der Waals surface area contributed by atoms with Gasteiger partial charge in [0.25, 0.3) is 5.69 Å². The lowest BCUT2D eigenvalue weighted by atomic mass is 10.0. The zero-order valence-electron chi connectivity index (χ0n) is 10.5. The highest BCUT2D eigenvalue weighted by atomic mass is 16.6. The van der Waals surface area contributed by atoms with Crippen LogP contribution in [0.4, 0.5) is 11.4 Å². The molecule has 1 fully saturated rings. The second-order valence-corrected chi connectivity index (χ2v) is 4.60. The van der Waals surface area contributed by atoms with Crippen LogP contribution in [0.1, 0.15) is 24.8 Å². The van der Waals surface area contributed by atoms with Crippen LogP contribution in [0.15, 0.2) is 18.2 Å². The van der Waals surface area contributed by atoms with Crippen LogP contribution in [0.2, 0.25) is 0 Å². The van der Waals surface area contributed by atoms with E-state index in [9.17, 15) is 15.2 Å². The third-order valence-electron chi connectivity index (χ3n) is 3.47. The molecule has 19 heavy (non-hydrogen) atoms. The van der Waals surface area contributed by atoms with Gasteiger partial charge in [-0.05, 0) is 31.4 Å². The summed E-state index contributed by atoms with van der Waals surface area (Å²) in [5.74, 6) is 0. The first-order chi connectivity index (χ1) is 9.17. The Morgan fingerprint density at radius 2 is 2.32 bits per heavy atom. The van der Waals surface area contributed by atoms with Crippen LogP contribution < -0.4 is 4.90 Å². The number of nitro benzene ring substituents is 1. The highest BCUT2D eigenvalue weighted by Crippen LogP contribution is 2.29. The van der Waals surface area contributed by atoms with Gasteiger partial charge in [-0.2, -0.15) is 5.26 Å². The molecule has 1 heterocycles. The second-order valence-electron chi connectivity index (χ2n) is 4.60. The number of benzene rings is 1. The molecule has 0 aromatic heterocycles. The molecule has 1 N–H and O–H groups in total. The molecular weight excluding hydrogens is 246 g/mol. The number of aliphatic hydroxyl groups excluding tert-OH is 1. The monoisotopic (exact) mass is 261 g/mol. The SMILES string of the molecule is N#Cc1cc(N2CCCCC2CO)ccc1[N+](=O)[O-]. The van der Waals surface area contributed by atoms with Gasteiger partial charge in [-0.1, -0.05) is 0 Å². The Kier molecular flexibility index (Phi) is 3.97. The van der Waals surface area contributed by atoms with Crippen molar-refractivity contribution in [3.05, 3.63) is 33.9 Å². The molecule has 100 valence electrons. The van der Waals surface area contributed by atoms with Gasteiger partial charge in [0.15, 0.2) is 0 Å². The van der Waals surface area contributed by atoms with Gasteiger partial charge in [0, 0.05) is 18.3 Å². The summed E-state index contributed by atoms with van der Waals surface area (Å²) in [5.41, 5.74) is 0.648. The van der Waals surface area contributed by atoms with Gasteiger partial charge in [0.2, 0.25) is 0 Å². The Balaban J connectivity index is 2.35. The van der Waals surface area contributed by atoms with E-state index in [-0.39, 0.29) is 23.9 Å². The van der Waals surface area contributed by atoms with Gasteiger partial charge in [-0.25, -0.2) is 0 Å². The summed E-state index contributed by atoms with van der Waals surface area (Å²) in [6.45, 7) is 0.854. The molecule has 0 saturated carbocycles. The largest absolute Gasteiger partial charge is 0.394 e. The summed E-state index contributed by atoms with van der Waals surface area (Å²) < 4.78 is 0. The molecule has 6 heteroatoms. The van der Waals surface area contributed by atoms with Crippen molar-refractivity contribution < 1.29 is 10.0 Å². The summed E-state index contributed by atoms with van der Waals surface area (Å²) in [5, 5.41) is 29.2. The molecule has 0 aliphatic carbocycles. The Morgan fingerprint density at radius 1 is 1.53 bits per heavy atom. The van der Waals surface area contributed by atoms with Crippen molar-refractivity contribution in [1.29, 1.82) is 5.26 Å². The number of piperidine rings is 1. The zero-order valence-corrected chi connectivity index (χ0v) is 10.5. The van der Waals surface area contributed by atoms with E-state index in [2.05, 4.69) is 0 Å². The third-order valence-corrected chi connectivity index (χ3v) is 3.47. The fourth-order valence-electron chi connectivity index (χ4n) is 2.48. The van der Waals surface area contributed by atoms with Crippen LogP contribution >= 0.6 is 0 Å². The van der Waals surface area contributed by atoms with Gasteiger partial charge < -0.3 is 10.0 Å². The molecule has 1 aromatic carbocycles. The summed E-state index contributed by atoms with van der Waals surface area (Å²) in [4.78, 5) is 12.3. The normalized spacial score (nSPS) is 18.9. The summed E-state index contributed by atoms with van der Waals surface area (Å²) >= 11 is 0. The smallest absolute Gasteiger partial charge is 0.287 e. The van der Waals surface area contributed by atoms with E-state index in [1.165, 1.54) is 12.1 Å². The average Bonchev–Trinajstić information content (AvgIpc) is 2.46. The number of hydrogen-bond donors (Lipinski definition) is 1. The van der Waals surface area contributed by atoms with Gasteiger partial charge in [-0.15, -0.1) is 0 Å². The van der Waals surface area contributed by atoms with Crippen molar-refractivity contribution in [2.75, 3.05) is 18.1 Å². The molecule has 1 unspecified atom stereocenters. The Labute approximate surface area is 111 Å². The van der Waals surface area contributed by atoms with Gasteiger partial charge in [0.05, 0.1) is 17.6 Å². The van der Waals surface area contributed by atoms with Crippen molar-refractivity contribution in [3.8, 4) is 6.07 Å². The second kappa shape index (κ2) is 5.67. The van der Waals surface area contributed by atoms with Crippen LogP contribution in [0.5, 0.6) is 0 Å². The fourth-order valence-corrected chi connectivity index (χ4v) is 2.48. The van der Waals surface area contributed by atoms with E-state index in [0.717, 1.165) is 31.5 Å². The molecule has 0 amide bonds. The number of aliphatic hydroxyl groups is 1. The van der Waals surface area contributed by atoms with E-state index in [1.54, 1.807) is 6.07 Å². The van der Waals surface area contributed by atoms with Crippen molar-refractivity contribution >= 4 is 11.4 Å². The minimum absolute atomic E-state index is 0.0294. The molecule has 1 aliphatic heterocycles. The van der Waals surface area contributed by atoms with E-state index in [1.807, 2.05) is 11.0 Å². The lowest BCUT2D eigenvalue weighted by Gasteiger charge is -2.36. The van der Waals surface area contributed by atoms with Crippen molar-refractivity contribution in [2.24, 2.45) is 0 Å². The molecule has 0 bridgehead atoms. The van der Waals surface area contributed by atoms with E-state index in [4.69, 9.17) is 5.26 Å². The maximum atomic E-state index is 10.8. The van der Waals surface area contributed by atoms with Crippen molar-refractivity contribution in [2.45, 2.75) is 25.3 Å². The first kappa shape index (κ1) is 13.3. The molecular formula is C13H15N3O3. The van der Waals surface area contributed by atoms with E-state index >= 15 is 0 Å². The number of nitriles is 1. The molecule has 1 atom stereocenters. The Hall–Kier alpha value is -2.13. The molecule has 1 aliphatic rings. The van der Waals surface area contributed by atoms with E-state index in [0.29, 0.717) is 0 Å². The molecule has 2 rings (SSSR count). The van der Waals surface area contributed by atoms with Crippen LogP contribution in [0.3, 0.4) is 0 Å². The number of anilines is 1. The maximum Gasteiger partial charge on any atom is 0.287 e. The number of nitrogens with zero attached hydrogens (tertiary/aromatic N) is 3. The van der Waals surface area contributed by atoms with Crippen LogP contribution in [-0.4, -0.2) is 29.2 Å². The standard InChI is InChI=1S/C13H15N3O3/c14-8-10-7-11(4-5-13(10)16(18)19)15-6-2-1-3-12(15)9-17/h4-5,7,12,17H,1-3,6,9H2. The quantitative estimate of drug-likeness (QED) is 0.662. The topological polar surface area (TPSA) is 90.4 Å². The van der Waals surface area contributed by atoms with Crippen LogP contribution in [0, 0.1) is 21.4 Å². The number of hydrogen-bond acceptors (Lipinski definition) is 5. The Bertz CT molecular complexity index is 524. The van der Waals surface area contributed by atoms with Gasteiger partial charge in [-0.3, -0.25) is 10.1 Å². The lowest BCUT2D eigenvalue weighted by molar-refractivity contribution is -0.385. The number of rotatable bonds is 3. The fraction of sp³-hybridized carbons (Fsp3) is 0.462. The highest BCUT2D eigenvalue weighted by molar-refractivity contribution is 5.60. The predicted octanol–water partition coefficient (Wildman–Crippen LogP) is 1.82.